The third-order valence-corrected chi connectivity index (χ3v) is 2.67. The van der Waals surface area contributed by atoms with Crippen LogP contribution < -0.4 is 5.32 Å². The summed E-state index contributed by atoms with van der Waals surface area (Å²) in [5.41, 5.74) is 0. The zero-order chi connectivity index (χ0) is 10.6. The summed E-state index contributed by atoms with van der Waals surface area (Å²) in [6, 6.07) is 0.552. The summed E-state index contributed by atoms with van der Waals surface area (Å²) in [5, 5.41) is 12.0. The fourth-order valence-electron chi connectivity index (χ4n) is 1.84. The van der Waals surface area contributed by atoms with E-state index in [0.29, 0.717) is 6.04 Å². The van der Waals surface area contributed by atoms with Gasteiger partial charge < -0.3 is 15.3 Å². The number of likely N-dealkylation sites (N-methyl/N-ethyl adjacent to an activating group) is 1. The van der Waals surface area contributed by atoms with Gasteiger partial charge in [-0.3, -0.25) is 4.79 Å². The van der Waals surface area contributed by atoms with Gasteiger partial charge in [-0.2, -0.15) is 0 Å². The molecule has 2 unspecified atom stereocenters. The monoisotopic (exact) mass is 200 g/mol. The van der Waals surface area contributed by atoms with Gasteiger partial charge in [-0.15, -0.1) is 0 Å². The maximum atomic E-state index is 10.4. The molecule has 1 heterocycles. The number of carbonyl (C=O) groups is 1. The molecule has 0 aromatic rings. The molecule has 1 rings (SSSR count). The van der Waals surface area contributed by atoms with Crippen LogP contribution in [0.3, 0.4) is 0 Å². The highest BCUT2D eigenvalue weighted by Gasteiger charge is 2.19. The second kappa shape index (κ2) is 5.32. The van der Waals surface area contributed by atoms with Gasteiger partial charge in [-0.1, -0.05) is 6.92 Å². The highest BCUT2D eigenvalue weighted by Crippen LogP contribution is 2.07. The normalized spacial score (nSPS) is 25.1. The molecule has 4 heteroatoms. The van der Waals surface area contributed by atoms with Crippen molar-refractivity contribution in [3.8, 4) is 0 Å². The average molecular weight is 200 g/mol. The predicted octanol–water partition coefficient (Wildman–Crippen LogP) is 0.391. The summed E-state index contributed by atoms with van der Waals surface area (Å²) in [5.74, 6) is -0.485. The highest BCUT2D eigenvalue weighted by molar-refractivity contribution is 5.66. The van der Waals surface area contributed by atoms with Crippen molar-refractivity contribution >= 4 is 5.97 Å². The van der Waals surface area contributed by atoms with Crippen LogP contribution in [0.1, 0.15) is 19.8 Å². The molecule has 0 aromatic carbocycles. The summed E-state index contributed by atoms with van der Waals surface area (Å²) in [7, 11) is 2.11. The lowest BCUT2D eigenvalue weighted by Gasteiger charge is -2.15. The van der Waals surface area contributed by atoms with Crippen molar-refractivity contribution in [2.45, 2.75) is 25.8 Å². The van der Waals surface area contributed by atoms with Crippen LogP contribution in [0.5, 0.6) is 0 Å². The summed E-state index contributed by atoms with van der Waals surface area (Å²) in [4.78, 5) is 12.7. The van der Waals surface area contributed by atoms with Gasteiger partial charge in [-0.25, -0.2) is 0 Å². The van der Waals surface area contributed by atoms with E-state index in [-0.39, 0.29) is 12.3 Å². The number of hydrogen-bond donors (Lipinski definition) is 2. The summed E-state index contributed by atoms with van der Waals surface area (Å²) >= 11 is 0. The Morgan fingerprint density at radius 3 is 2.93 bits per heavy atom. The molecular weight excluding hydrogens is 180 g/mol. The third kappa shape index (κ3) is 4.07. The molecule has 0 aromatic heterocycles. The van der Waals surface area contributed by atoms with E-state index in [1.807, 2.05) is 6.92 Å². The third-order valence-electron chi connectivity index (χ3n) is 2.67. The summed E-state index contributed by atoms with van der Waals surface area (Å²) in [6.07, 6.45) is 1.44. The van der Waals surface area contributed by atoms with E-state index in [1.165, 1.54) is 6.42 Å². The Labute approximate surface area is 85.3 Å². The molecule has 1 aliphatic heterocycles. The Balaban J connectivity index is 2.11. The number of nitrogens with one attached hydrogen (secondary N) is 1. The molecule has 2 N–H and O–H groups in total. The Morgan fingerprint density at radius 2 is 2.43 bits per heavy atom. The fourth-order valence-corrected chi connectivity index (χ4v) is 1.84. The van der Waals surface area contributed by atoms with Gasteiger partial charge in [0, 0.05) is 19.0 Å². The topological polar surface area (TPSA) is 52.6 Å². The van der Waals surface area contributed by atoms with E-state index in [1.54, 1.807) is 0 Å². The molecule has 0 saturated carbocycles. The first-order chi connectivity index (χ1) is 6.58. The van der Waals surface area contributed by atoms with Gasteiger partial charge in [0.05, 0.1) is 0 Å². The van der Waals surface area contributed by atoms with Crippen molar-refractivity contribution < 1.29 is 9.90 Å². The van der Waals surface area contributed by atoms with Gasteiger partial charge in [0.2, 0.25) is 0 Å². The van der Waals surface area contributed by atoms with Crippen molar-refractivity contribution in [1.29, 1.82) is 0 Å². The number of rotatable bonds is 5. The van der Waals surface area contributed by atoms with Crippen molar-refractivity contribution in [2.75, 3.05) is 26.7 Å². The maximum Gasteiger partial charge on any atom is 0.303 e. The average Bonchev–Trinajstić information content (AvgIpc) is 2.47. The summed E-state index contributed by atoms with van der Waals surface area (Å²) in [6.45, 7) is 5.01. The molecule has 1 aliphatic rings. The zero-order valence-corrected chi connectivity index (χ0v) is 8.99. The SMILES string of the molecule is CC(CNC1CCN(C)C1)CC(=O)O. The van der Waals surface area contributed by atoms with E-state index >= 15 is 0 Å². The first-order valence-corrected chi connectivity index (χ1v) is 5.21. The summed E-state index contributed by atoms with van der Waals surface area (Å²) < 4.78 is 0. The van der Waals surface area contributed by atoms with Crippen molar-refractivity contribution in [2.24, 2.45) is 5.92 Å². The first kappa shape index (κ1) is 11.5. The van der Waals surface area contributed by atoms with Crippen LogP contribution >= 0.6 is 0 Å². The van der Waals surface area contributed by atoms with Crippen molar-refractivity contribution in [1.82, 2.24) is 10.2 Å². The van der Waals surface area contributed by atoms with Gasteiger partial charge in [0.15, 0.2) is 0 Å². The van der Waals surface area contributed by atoms with E-state index < -0.39 is 5.97 Å². The number of carboxylic acids is 1. The van der Waals surface area contributed by atoms with Gasteiger partial charge in [0.25, 0.3) is 0 Å². The molecule has 1 fully saturated rings. The zero-order valence-electron chi connectivity index (χ0n) is 8.99. The lowest BCUT2D eigenvalue weighted by Crippen LogP contribution is -2.35. The Kier molecular flexibility index (Phi) is 4.35. The van der Waals surface area contributed by atoms with Gasteiger partial charge in [-0.05, 0) is 32.5 Å². The predicted molar refractivity (Wildman–Crippen MR) is 55.3 cm³/mol. The van der Waals surface area contributed by atoms with E-state index in [9.17, 15) is 4.79 Å². The minimum atomic E-state index is -0.706. The molecule has 0 bridgehead atoms. The molecule has 0 amide bonds. The Bertz CT molecular complexity index is 197. The van der Waals surface area contributed by atoms with Crippen molar-refractivity contribution in [3.63, 3.8) is 0 Å². The van der Waals surface area contributed by atoms with E-state index in [0.717, 1.165) is 19.6 Å². The van der Waals surface area contributed by atoms with Crippen LogP contribution in [0, 0.1) is 5.92 Å². The second-order valence-electron chi connectivity index (χ2n) is 4.36. The van der Waals surface area contributed by atoms with Crippen LogP contribution in [0.2, 0.25) is 0 Å². The van der Waals surface area contributed by atoms with Crippen LogP contribution in [0.4, 0.5) is 0 Å². The Morgan fingerprint density at radius 1 is 1.71 bits per heavy atom. The Hall–Kier alpha value is -0.610. The molecule has 4 nitrogen and oxygen atoms in total. The van der Waals surface area contributed by atoms with E-state index in [2.05, 4.69) is 17.3 Å². The van der Waals surface area contributed by atoms with Crippen LogP contribution in [-0.4, -0.2) is 48.7 Å². The maximum absolute atomic E-state index is 10.4. The lowest BCUT2D eigenvalue weighted by atomic mass is 10.1. The van der Waals surface area contributed by atoms with Crippen LogP contribution in [-0.2, 0) is 4.79 Å². The smallest absolute Gasteiger partial charge is 0.303 e. The molecular formula is C10H20N2O2. The number of carboxylic acid groups (broad SMARTS) is 1. The molecule has 2 atom stereocenters. The van der Waals surface area contributed by atoms with Gasteiger partial charge in [0.1, 0.15) is 0 Å². The molecule has 14 heavy (non-hydrogen) atoms. The lowest BCUT2D eigenvalue weighted by molar-refractivity contribution is -0.137. The van der Waals surface area contributed by atoms with Crippen LogP contribution in [0.25, 0.3) is 0 Å². The standard InChI is InChI=1S/C10H20N2O2/c1-8(5-10(13)14)6-11-9-3-4-12(2)7-9/h8-9,11H,3-7H2,1-2H3,(H,13,14). The number of nitrogens with zero attached hydrogens (tertiary/aromatic N) is 1. The largest absolute Gasteiger partial charge is 0.481 e. The first-order valence-electron chi connectivity index (χ1n) is 5.21. The molecule has 82 valence electrons. The minimum absolute atomic E-state index is 0.221. The van der Waals surface area contributed by atoms with Gasteiger partial charge >= 0.3 is 5.97 Å². The van der Waals surface area contributed by atoms with Crippen LogP contribution in [0.15, 0.2) is 0 Å². The number of aliphatic carboxylic acids is 1. The highest BCUT2D eigenvalue weighted by atomic mass is 16.4. The second-order valence-corrected chi connectivity index (χ2v) is 4.36. The number of hydrogen-bond acceptors (Lipinski definition) is 3. The molecule has 1 saturated heterocycles. The fraction of sp³-hybridized carbons (Fsp3) is 0.900. The minimum Gasteiger partial charge on any atom is -0.481 e. The van der Waals surface area contributed by atoms with Crippen molar-refractivity contribution in [3.05, 3.63) is 0 Å². The molecule has 0 radical (unpaired) electrons. The number of likely N-dealkylation sites (tertiary alicyclic amines) is 1. The quantitative estimate of drug-likeness (QED) is 0.674. The van der Waals surface area contributed by atoms with E-state index in [4.69, 9.17) is 5.11 Å². The molecule has 0 spiro atoms. The molecule has 0 aliphatic carbocycles.